The van der Waals surface area contributed by atoms with E-state index in [1.807, 2.05) is 0 Å². The number of carboxylic acids is 1. The zero-order chi connectivity index (χ0) is 13.5. The number of nitrogens with zero attached hydrogens (tertiary/aromatic N) is 1. The van der Waals surface area contributed by atoms with Crippen molar-refractivity contribution in [2.75, 3.05) is 20.3 Å². The summed E-state index contributed by atoms with van der Waals surface area (Å²) in [5.41, 5.74) is 0.381. The topological polar surface area (TPSA) is 68.7 Å². The summed E-state index contributed by atoms with van der Waals surface area (Å²) in [5, 5.41) is 10.1. The Morgan fingerprint density at radius 3 is 2.89 bits per heavy atom. The number of thiazole rings is 1. The second kappa shape index (κ2) is 4.85. The Balaban J connectivity index is 1.94. The number of carboxylic acid groups (broad SMARTS) is 1. The number of carbonyl (C=O) groups is 1. The van der Waals surface area contributed by atoms with Gasteiger partial charge in [0.25, 0.3) is 0 Å². The van der Waals surface area contributed by atoms with Gasteiger partial charge < -0.3 is 14.6 Å². The number of hydrogen-bond acceptors (Lipinski definition) is 5. The lowest BCUT2D eigenvalue weighted by Gasteiger charge is -2.34. The minimum atomic E-state index is -0.769. The fourth-order valence-electron chi connectivity index (χ4n) is 2.87. The molecule has 5 nitrogen and oxygen atoms in total. The van der Waals surface area contributed by atoms with E-state index >= 15 is 0 Å². The van der Waals surface area contributed by atoms with Gasteiger partial charge in [0, 0.05) is 38.0 Å². The molecule has 1 fully saturated rings. The molecule has 0 spiro atoms. The van der Waals surface area contributed by atoms with E-state index in [-0.39, 0.29) is 5.60 Å². The molecule has 1 aromatic heterocycles. The number of hydrogen-bond donors (Lipinski definition) is 1. The van der Waals surface area contributed by atoms with E-state index in [9.17, 15) is 9.90 Å². The molecule has 0 radical (unpaired) electrons. The molecule has 2 aliphatic rings. The summed E-state index contributed by atoms with van der Waals surface area (Å²) < 4.78 is 11.1. The molecular formula is C13H17NO4S. The second-order valence-corrected chi connectivity index (χ2v) is 6.15. The largest absolute Gasteiger partial charge is 0.481 e. The zero-order valence-corrected chi connectivity index (χ0v) is 11.7. The van der Waals surface area contributed by atoms with Crippen molar-refractivity contribution in [2.45, 2.75) is 37.2 Å². The van der Waals surface area contributed by atoms with Crippen LogP contribution in [0.1, 0.15) is 40.8 Å². The maximum Gasteiger partial charge on any atom is 0.312 e. The van der Waals surface area contributed by atoms with Gasteiger partial charge in [0.2, 0.25) is 0 Å². The lowest BCUT2D eigenvalue weighted by Crippen LogP contribution is -2.35. The Bertz CT molecular complexity index is 493. The average molecular weight is 283 g/mol. The first-order valence-electron chi connectivity index (χ1n) is 6.52. The van der Waals surface area contributed by atoms with E-state index in [0.29, 0.717) is 19.6 Å². The number of aromatic nitrogens is 1. The molecule has 104 valence electrons. The van der Waals surface area contributed by atoms with Crippen molar-refractivity contribution in [1.82, 2.24) is 4.98 Å². The molecule has 1 N–H and O–H groups in total. The van der Waals surface area contributed by atoms with Crippen molar-refractivity contribution in [3.8, 4) is 0 Å². The molecule has 0 aromatic carbocycles. The monoisotopic (exact) mass is 283 g/mol. The van der Waals surface area contributed by atoms with Crippen molar-refractivity contribution in [3.63, 3.8) is 0 Å². The average Bonchev–Trinajstić information content (AvgIpc) is 2.99. The number of rotatable bonds is 3. The van der Waals surface area contributed by atoms with E-state index in [0.717, 1.165) is 34.8 Å². The third-order valence-electron chi connectivity index (χ3n) is 4.10. The second-order valence-electron chi connectivity index (χ2n) is 5.07. The number of fused-ring (bicyclic) bond motifs is 1. The van der Waals surface area contributed by atoms with Crippen LogP contribution in [0.5, 0.6) is 0 Å². The van der Waals surface area contributed by atoms with E-state index in [2.05, 4.69) is 4.98 Å². The molecule has 1 atom stereocenters. The number of aryl methyl sites for hydroxylation is 1. The lowest BCUT2D eigenvalue weighted by molar-refractivity contribution is -0.138. The first-order valence-corrected chi connectivity index (χ1v) is 7.34. The number of ether oxygens (including phenoxy) is 2. The highest BCUT2D eigenvalue weighted by atomic mass is 32.1. The summed E-state index contributed by atoms with van der Waals surface area (Å²) in [5.74, 6) is -1.21. The van der Waals surface area contributed by atoms with Gasteiger partial charge in [-0.3, -0.25) is 4.79 Å². The summed E-state index contributed by atoms with van der Waals surface area (Å²) in [4.78, 5) is 16.9. The Kier molecular flexibility index (Phi) is 3.32. The Hall–Kier alpha value is -0.980. The maximum absolute atomic E-state index is 11.2. The van der Waals surface area contributed by atoms with Crippen LogP contribution in [0.3, 0.4) is 0 Å². The third kappa shape index (κ3) is 2.07. The Morgan fingerprint density at radius 1 is 1.53 bits per heavy atom. The van der Waals surface area contributed by atoms with Crippen molar-refractivity contribution in [3.05, 3.63) is 15.6 Å². The number of aliphatic carboxylic acids is 1. The molecule has 6 heteroatoms. The highest BCUT2D eigenvalue weighted by Crippen LogP contribution is 2.43. The summed E-state index contributed by atoms with van der Waals surface area (Å²) in [6.45, 7) is 1.33. The van der Waals surface area contributed by atoms with Gasteiger partial charge >= 0.3 is 5.97 Å². The minimum Gasteiger partial charge on any atom is -0.481 e. The molecule has 1 aliphatic heterocycles. The van der Waals surface area contributed by atoms with Crippen LogP contribution in [0.4, 0.5) is 0 Å². The minimum absolute atomic E-state index is 0.379. The van der Waals surface area contributed by atoms with E-state index in [4.69, 9.17) is 9.47 Å². The fourth-order valence-corrected chi connectivity index (χ4v) is 4.23. The van der Waals surface area contributed by atoms with E-state index < -0.39 is 11.9 Å². The van der Waals surface area contributed by atoms with Crippen molar-refractivity contribution in [2.24, 2.45) is 0 Å². The van der Waals surface area contributed by atoms with Gasteiger partial charge in [-0.1, -0.05) is 0 Å². The first kappa shape index (κ1) is 13.0. The zero-order valence-electron chi connectivity index (χ0n) is 10.8. The van der Waals surface area contributed by atoms with Crippen LogP contribution in [-0.2, 0) is 26.3 Å². The van der Waals surface area contributed by atoms with Gasteiger partial charge in [0.15, 0.2) is 0 Å². The quantitative estimate of drug-likeness (QED) is 0.917. The molecule has 1 saturated heterocycles. The molecule has 19 heavy (non-hydrogen) atoms. The van der Waals surface area contributed by atoms with Crippen LogP contribution in [0.2, 0.25) is 0 Å². The lowest BCUT2D eigenvalue weighted by atomic mass is 9.95. The third-order valence-corrected chi connectivity index (χ3v) is 5.41. The van der Waals surface area contributed by atoms with Crippen LogP contribution in [0.15, 0.2) is 0 Å². The highest BCUT2D eigenvalue weighted by Gasteiger charge is 2.41. The smallest absolute Gasteiger partial charge is 0.312 e. The predicted octanol–water partition coefficient (Wildman–Crippen LogP) is 1.91. The van der Waals surface area contributed by atoms with Crippen LogP contribution < -0.4 is 0 Å². The summed E-state index contributed by atoms with van der Waals surface area (Å²) in [6.07, 6.45) is 3.06. The van der Waals surface area contributed by atoms with Crippen LogP contribution in [0, 0.1) is 0 Å². The van der Waals surface area contributed by atoms with E-state index in [1.54, 1.807) is 18.4 Å². The van der Waals surface area contributed by atoms with Gasteiger partial charge in [0.05, 0.1) is 5.69 Å². The van der Waals surface area contributed by atoms with Crippen LogP contribution in [0.25, 0.3) is 0 Å². The van der Waals surface area contributed by atoms with Gasteiger partial charge in [-0.25, -0.2) is 4.98 Å². The molecule has 3 rings (SSSR count). The standard InChI is InChI=1S/C13H17NO4S/c1-17-13(4-6-18-7-5-13)12-14-10-8(11(15)16)2-3-9(10)19-12/h8H,2-7H2,1H3,(H,15,16). The SMILES string of the molecule is COC1(c2nc3c(s2)CCC3C(=O)O)CCOCC1. The summed E-state index contributed by atoms with van der Waals surface area (Å²) in [7, 11) is 1.70. The normalized spacial score (nSPS) is 25.2. The van der Waals surface area contributed by atoms with Crippen LogP contribution in [-0.4, -0.2) is 36.4 Å². The summed E-state index contributed by atoms with van der Waals surface area (Å²) in [6, 6.07) is 0. The molecule has 0 bridgehead atoms. The number of methoxy groups -OCH3 is 1. The molecule has 0 saturated carbocycles. The molecule has 1 aromatic rings. The Labute approximate surface area is 115 Å². The van der Waals surface area contributed by atoms with Gasteiger partial charge in [-0.15, -0.1) is 11.3 Å². The predicted molar refractivity (Wildman–Crippen MR) is 69.6 cm³/mol. The first-order chi connectivity index (χ1) is 9.16. The van der Waals surface area contributed by atoms with Gasteiger partial charge in [-0.2, -0.15) is 0 Å². The van der Waals surface area contributed by atoms with Crippen molar-refractivity contribution >= 4 is 17.3 Å². The Morgan fingerprint density at radius 2 is 2.26 bits per heavy atom. The molecule has 2 heterocycles. The van der Waals surface area contributed by atoms with Gasteiger partial charge in [0.1, 0.15) is 16.5 Å². The van der Waals surface area contributed by atoms with Crippen molar-refractivity contribution < 1.29 is 19.4 Å². The maximum atomic E-state index is 11.2. The van der Waals surface area contributed by atoms with Crippen LogP contribution >= 0.6 is 11.3 Å². The highest BCUT2D eigenvalue weighted by molar-refractivity contribution is 7.12. The van der Waals surface area contributed by atoms with Crippen molar-refractivity contribution in [1.29, 1.82) is 0 Å². The molecule has 1 unspecified atom stereocenters. The summed E-state index contributed by atoms with van der Waals surface area (Å²) >= 11 is 1.62. The molecule has 0 amide bonds. The fraction of sp³-hybridized carbons (Fsp3) is 0.692. The molecule has 1 aliphatic carbocycles. The van der Waals surface area contributed by atoms with Gasteiger partial charge in [-0.05, 0) is 12.8 Å². The van der Waals surface area contributed by atoms with E-state index in [1.165, 1.54) is 0 Å². The molecular weight excluding hydrogens is 266 g/mol.